The van der Waals surface area contributed by atoms with Gasteiger partial charge in [-0.15, -0.1) is 11.8 Å². The van der Waals surface area contributed by atoms with E-state index in [4.69, 9.17) is 4.74 Å². The summed E-state index contributed by atoms with van der Waals surface area (Å²) in [6, 6.07) is 13.3. The van der Waals surface area contributed by atoms with Crippen LogP contribution in [0.5, 0.6) is 5.75 Å². The molecule has 2 atom stereocenters. The lowest BCUT2D eigenvalue weighted by Crippen LogP contribution is -2.44. The molecule has 0 radical (unpaired) electrons. The van der Waals surface area contributed by atoms with E-state index in [2.05, 4.69) is 9.88 Å². The largest absolute Gasteiger partial charge is 0.497 e. The Morgan fingerprint density at radius 2 is 2.03 bits per heavy atom. The van der Waals surface area contributed by atoms with Crippen molar-refractivity contribution in [1.82, 2.24) is 9.88 Å². The molecule has 0 spiro atoms. The van der Waals surface area contributed by atoms with E-state index in [0.29, 0.717) is 17.2 Å². The minimum Gasteiger partial charge on any atom is -0.497 e. The highest BCUT2D eigenvalue weighted by molar-refractivity contribution is 7.99. The quantitative estimate of drug-likeness (QED) is 0.211. The first-order valence-electron chi connectivity index (χ1n) is 12.9. The zero-order valence-electron chi connectivity index (χ0n) is 21.4. The number of nitrogens with zero attached hydrogens (tertiary/aromatic N) is 2. The first-order chi connectivity index (χ1) is 18.2. The number of pyridine rings is 1. The van der Waals surface area contributed by atoms with Gasteiger partial charge in [0.25, 0.3) is 0 Å². The Kier molecular flexibility index (Phi) is 9.54. The summed E-state index contributed by atoms with van der Waals surface area (Å²) in [5, 5.41) is 11.0. The summed E-state index contributed by atoms with van der Waals surface area (Å²) >= 11 is 1.40. The molecule has 5 nitrogen and oxygen atoms in total. The number of carboxylic acid groups (broad SMARTS) is 1. The number of rotatable bonds is 11. The van der Waals surface area contributed by atoms with Crippen molar-refractivity contribution in [3.8, 4) is 5.75 Å². The van der Waals surface area contributed by atoms with Crippen molar-refractivity contribution in [2.45, 2.75) is 43.2 Å². The van der Waals surface area contributed by atoms with Gasteiger partial charge in [-0.3, -0.25) is 9.78 Å². The van der Waals surface area contributed by atoms with Gasteiger partial charge in [0.05, 0.1) is 24.1 Å². The second kappa shape index (κ2) is 12.8. The summed E-state index contributed by atoms with van der Waals surface area (Å²) in [6.45, 7) is 2.11. The second-order valence-corrected chi connectivity index (χ2v) is 10.9. The zero-order chi connectivity index (χ0) is 27.1. The molecular weight excluding hydrogens is 513 g/mol. The molecule has 1 saturated heterocycles. The lowest BCUT2D eigenvalue weighted by molar-refractivity contribution is -0.146. The van der Waals surface area contributed by atoms with Crippen molar-refractivity contribution in [2.75, 3.05) is 32.5 Å². The molecule has 2 aromatic carbocycles. The van der Waals surface area contributed by atoms with Crippen LogP contribution in [0.1, 0.15) is 36.8 Å². The van der Waals surface area contributed by atoms with Crippen molar-refractivity contribution in [3.05, 3.63) is 65.9 Å². The average Bonchev–Trinajstić information content (AvgIpc) is 2.91. The molecule has 9 heteroatoms. The number of likely N-dealkylation sites (tertiary alicyclic amines) is 1. The highest BCUT2D eigenvalue weighted by Gasteiger charge is 2.34. The molecule has 0 aliphatic carbocycles. The molecule has 0 amide bonds. The predicted octanol–water partition coefficient (Wildman–Crippen LogP) is 6.79. The zero-order valence-corrected chi connectivity index (χ0v) is 22.2. The molecule has 204 valence electrons. The van der Waals surface area contributed by atoms with Crippen molar-refractivity contribution < 1.29 is 27.8 Å². The maximum Gasteiger partial charge on any atom is 0.416 e. The lowest BCUT2D eigenvalue weighted by Gasteiger charge is -2.36. The molecule has 4 rings (SSSR count). The summed E-state index contributed by atoms with van der Waals surface area (Å²) in [4.78, 5) is 19.3. The van der Waals surface area contributed by atoms with Crippen LogP contribution in [0.4, 0.5) is 13.2 Å². The number of aryl methyl sites for hydroxylation is 1. The first kappa shape index (κ1) is 28.2. The number of carboxylic acids is 1. The molecule has 0 saturated carbocycles. The van der Waals surface area contributed by atoms with Crippen LogP contribution in [-0.4, -0.2) is 53.5 Å². The van der Waals surface area contributed by atoms with E-state index in [1.807, 2.05) is 30.5 Å². The van der Waals surface area contributed by atoms with Crippen molar-refractivity contribution in [1.29, 1.82) is 0 Å². The van der Waals surface area contributed by atoms with Crippen LogP contribution >= 0.6 is 11.8 Å². The number of piperidine rings is 1. The van der Waals surface area contributed by atoms with E-state index >= 15 is 0 Å². The maximum absolute atomic E-state index is 12.9. The highest BCUT2D eigenvalue weighted by Crippen LogP contribution is 2.33. The van der Waals surface area contributed by atoms with Gasteiger partial charge in [-0.1, -0.05) is 6.07 Å². The van der Waals surface area contributed by atoms with E-state index in [1.165, 1.54) is 29.5 Å². The Balaban J connectivity index is 1.25. The second-order valence-electron chi connectivity index (χ2n) is 9.77. The van der Waals surface area contributed by atoms with Crippen molar-refractivity contribution in [3.63, 3.8) is 0 Å². The molecule has 38 heavy (non-hydrogen) atoms. The lowest BCUT2D eigenvalue weighted by atomic mass is 9.81. The third-order valence-corrected chi connectivity index (χ3v) is 8.35. The van der Waals surface area contributed by atoms with Crippen LogP contribution in [-0.2, 0) is 17.4 Å². The maximum atomic E-state index is 12.9. The van der Waals surface area contributed by atoms with Gasteiger partial charge in [-0.25, -0.2) is 0 Å². The molecule has 2 heterocycles. The number of thioether (sulfide) groups is 1. The number of halogens is 3. The molecule has 3 aromatic rings. The fourth-order valence-corrected chi connectivity index (χ4v) is 6.11. The van der Waals surface area contributed by atoms with Gasteiger partial charge in [-0.2, -0.15) is 13.2 Å². The third-order valence-electron chi connectivity index (χ3n) is 7.27. The van der Waals surface area contributed by atoms with E-state index in [0.717, 1.165) is 67.9 Å². The molecule has 0 bridgehead atoms. The normalized spacial score (nSPS) is 18.5. The van der Waals surface area contributed by atoms with Crippen molar-refractivity contribution in [2.24, 2.45) is 11.8 Å². The van der Waals surface area contributed by atoms with Crippen LogP contribution in [0, 0.1) is 11.8 Å². The molecule has 1 aliphatic rings. The number of hydrogen-bond acceptors (Lipinski definition) is 5. The number of carbonyl (C=O) groups is 1. The first-order valence-corrected chi connectivity index (χ1v) is 13.9. The van der Waals surface area contributed by atoms with Gasteiger partial charge in [0, 0.05) is 23.0 Å². The Labute approximate surface area is 225 Å². The summed E-state index contributed by atoms with van der Waals surface area (Å²) in [5.41, 5.74) is 1.48. The summed E-state index contributed by atoms with van der Waals surface area (Å²) in [7, 11) is 1.64. The number of fused-ring (bicyclic) bond motifs is 1. The Hall–Kier alpha value is -2.78. The van der Waals surface area contributed by atoms with E-state index < -0.39 is 23.6 Å². The number of benzene rings is 2. The van der Waals surface area contributed by atoms with Gasteiger partial charge in [0.15, 0.2) is 0 Å². The molecule has 1 N–H and O–H groups in total. The minimum atomic E-state index is -4.34. The number of hydrogen-bond donors (Lipinski definition) is 1. The van der Waals surface area contributed by atoms with Crippen molar-refractivity contribution >= 4 is 28.6 Å². The topological polar surface area (TPSA) is 62.7 Å². The fraction of sp³-hybridized carbons (Fsp3) is 0.448. The van der Waals surface area contributed by atoms with E-state index in [9.17, 15) is 23.1 Å². The molecule has 1 aromatic heterocycles. The summed E-state index contributed by atoms with van der Waals surface area (Å²) in [5.74, 6) is 0.444. The number of aliphatic carboxylic acids is 1. The van der Waals surface area contributed by atoms with Crippen LogP contribution in [0.3, 0.4) is 0 Å². The average molecular weight is 547 g/mol. The predicted molar refractivity (Wildman–Crippen MR) is 144 cm³/mol. The fourth-order valence-electron chi connectivity index (χ4n) is 5.22. The highest BCUT2D eigenvalue weighted by atomic mass is 32.2. The summed E-state index contributed by atoms with van der Waals surface area (Å²) in [6.07, 6.45) is 1.70. The SMILES string of the molecule is COc1ccc2nccc(CCC[C@@H]3CCN(CCCSc4cccc(C(F)(F)F)c4)C[C@@H]3C(=O)O)c2c1. The molecule has 1 aliphatic heterocycles. The Morgan fingerprint density at radius 3 is 2.79 bits per heavy atom. The molecule has 0 unspecified atom stereocenters. The number of alkyl halides is 3. The van der Waals surface area contributed by atoms with E-state index in [1.54, 1.807) is 13.2 Å². The van der Waals surface area contributed by atoms with Gasteiger partial charge in [0.1, 0.15) is 5.75 Å². The van der Waals surface area contributed by atoms with Crippen LogP contribution in [0.25, 0.3) is 10.9 Å². The van der Waals surface area contributed by atoms with Crippen LogP contribution in [0.2, 0.25) is 0 Å². The molecular formula is C29H33F3N2O3S. The molecule has 1 fully saturated rings. The smallest absolute Gasteiger partial charge is 0.416 e. The van der Waals surface area contributed by atoms with Gasteiger partial charge in [0.2, 0.25) is 0 Å². The monoisotopic (exact) mass is 546 g/mol. The van der Waals surface area contributed by atoms with Crippen LogP contribution < -0.4 is 4.74 Å². The van der Waals surface area contributed by atoms with Gasteiger partial charge in [-0.05, 0) is 105 Å². The number of ether oxygens (including phenoxy) is 1. The number of aromatic nitrogens is 1. The Bertz CT molecular complexity index is 1240. The number of methoxy groups -OCH3 is 1. The third kappa shape index (κ3) is 7.41. The van der Waals surface area contributed by atoms with Crippen LogP contribution in [0.15, 0.2) is 59.6 Å². The van der Waals surface area contributed by atoms with Gasteiger partial charge < -0.3 is 14.7 Å². The standard InChI is InChI=1S/C29H33F3N2O3S/c1-37-23-9-10-27-25(18-23)20(11-13-33-27)5-2-6-21-12-15-34(19-26(21)28(35)36)14-4-16-38-24-8-3-7-22(17-24)29(30,31)32/h3,7-11,13,17-18,21,26H,2,4-6,12,14-16,19H2,1H3,(H,35,36)/t21-,26+/m1/s1. The summed E-state index contributed by atoms with van der Waals surface area (Å²) < 4.78 is 44.1. The Morgan fingerprint density at radius 1 is 1.18 bits per heavy atom. The minimum absolute atomic E-state index is 0.130. The van der Waals surface area contributed by atoms with E-state index in [-0.39, 0.29) is 5.92 Å². The van der Waals surface area contributed by atoms with Gasteiger partial charge >= 0.3 is 12.1 Å².